The summed E-state index contributed by atoms with van der Waals surface area (Å²) in [4.78, 5) is 9.99. The maximum atomic E-state index is 11.7. The van der Waals surface area contributed by atoms with Gasteiger partial charge in [0.2, 0.25) is 0 Å². The maximum Gasteiger partial charge on any atom is 0.276 e. The van der Waals surface area contributed by atoms with Crippen LogP contribution in [0.15, 0.2) is 64.4 Å². The van der Waals surface area contributed by atoms with Crippen molar-refractivity contribution in [2.45, 2.75) is 0 Å². The molecule has 0 atom stereocenters. The molecule has 0 aliphatic carbocycles. The van der Waals surface area contributed by atoms with Crippen LogP contribution in [0.1, 0.15) is 11.1 Å². The second kappa shape index (κ2) is 6.77. The predicted molar refractivity (Wildman–Crippen MR) is 84.0 cm³/mol. The average molecular weight is 315 g/mol. The minimum absolute atomic E-state index is 0.0598. The lowest BCUT2D eigenvalue weighted by Gasteiger charge is -1.94. The predicted octanol–water partition coefficient (Wildman–Crippen LogP) is 2.89. The molecule has 2 aromatic carbocycles. The van der Waals surface area contributed by atoms with E-state index < -0.39 is 14.9 Å². The largest absolute Gasteiger partial charge is 0.276 e. The van der Waals surface area contributed by atoms with Crippen LogP contribution in [0.5, 0.6) is 0 Å². The molecule has 0 bridgehead atoms. The zero-order valence-electron chi connectivity index (χ0n) is 11.3. The lowest BCUT2D eigenvalue weighted by atomic mass is 10.2. The van der Waals surface area contributed by atoms with Crippen molar-refractivity contribution < 1.29 is 13.3 Å². The first-order valence-corrected chi connectivity index (χ1v) is 7.67. The van der Waals surface area contributed by atoms with Gasteiger partial charge in [0.15, 0.2) is 0 Å². The molecule has 0 spiro atoms. The second-order valence-electron chi connectivity index (χ2n) is 4.24. The molecule has 2 rings (SSSR count). The van der Waals surface area contributed by atoms with Crippen LogP contribution in [-0.2, 0) is 10.0 Å². The molecular weight excluding hydrogens is 304 g/mol. The summed E-state index contributed by atoms with van der Waals surface area (Å²) in [6.07, 6.45) is 3.76. The van der Waals surface area contributed by atoms with E-state index in [1.54, 1.807) is 30.3 Å². The van der Waals surface area contributed by atoms with E-state index >= 15 is 0 Å². The summed E-state index contributed by atoms with van der Waals surface area (Å²) >= 11 is 0. The van der Waals surface area contributed by atoms with Crippen molar-refractivity contribution in [3.05, 3.63) is 81.2 Å². The van der Waals surface area contributed by atoms with Gasteiger partial charge in [-0.2, -0.15) is 12.8 Å². The van der Waals surface area contributed by atoms with Crippen LogP contribution in [-0.4, -0.2) is 19.6 Å². The SMILES string of the molecule is O=[N+]([O-])c1ccc(C=CS(=O)(=O)N=[C]c2ccccc2)cc1. The Hall–Kier alpha value is -2.80. The van der Waals surface area contributed by atoms with Crippen LogP contribution < -0.4 is 0 Å². The Balaban J connectivity index is 2.11. The number of nitrogens with zero attached hydrogens (tertiary/aromatic N) is 2. The molecule has 0 fully saturated rings. The maximum absolute atomic E-state index is 11.7. The summed E-state index contributed by atoms with van der Waals surface area (Å²) < 4.78 is 26.9. The van der Waals surface area contributed by atoms with Crippen LogP contribution >= 0.6 is 0 Å². The Morgan fingerprint density at radius 3 is 2.27 bits per heavy atom. The fraction of sp³-hybridized carbons (Fsp3) is 0. The molecule has 0 aromatic heterocycles. The number of rotatable bonds is 5. The van der Waals surface area contributed by atoms with Gasteiger partial charge < -0.3 is 0 Å². The van der Waals surface area contributed by atoms with Gasteiger partial charge in [0.25, 0.3) is 15.7 Å². The minimum Gasteiger partial charge on any atom is -0.258 e. The van der Waals surface area contributed by atoms with Crippen LogP contribution in [0.25, 0.3) is 6.08 Å². The topological polar surface area (TPSA) is 89.6 Å². The minimum atomic E-state index is -3.80. The van der Waals surface area contributed by atoms with Crippen molar-refractivity contribution in [2.24, 2.45) is 4.40 Å². The van der Waals surface area contributed by atoms with Crippen molar-refractivity contribution in [2.75, 3.05) is 0 Å². The molecule has 0 aliphatic rings. The van der Waals surface area contributed by atoms with Gasteiger partial charge in [0.05, 0.1) is 10.3 Å². The molecule has 22 heavy (non-hydrogen) atoms. The number of non-ortho nitro benzene ring substituents is 1. The lowest BCUT2D eigenvalue weighted by molar-refractivity contribution is -0.384. The van der Waals surface area contributed by atoms with E-state index in [2.05, 4.69) is 10.6 Å². The van der Waals surface area contributed by atoms with Crippen molar-refractivity contribution in [1.82, 2.24) is 0 Å². The molecule has 2 aromatic rings. The van der Waals surface area contributed by atoms with E-state index in [1.165, 1.54) is 30.3 Å². The first-order chi connectivity index (χ1) is 10.5. The Bertz CT molecular complexity index is 810. The van der Waals surface area contributed by atoms with Crippen molar-refractivity contribution in [3.8, 4) is 0 Å². The number of hydrogen-bond donors (Lipinski definition) is 0. The number of benzene rings is 2. The average Bonchev–Trinajstić information content (AvgIpc) is 2.53. The smallest absolute Gasteiger partial charge is 0.258 e. The van der Waals surface area contributed by atoms with Crippen molar-refractivity contribution in [1.29, 1.82) is 0 Å². The molecule has 0 N–H and O–H groups in total. The van der Waals surface area contributed by atoms with Crippen LogP contribution in [0, 0.1) is 10.1 Å². The quantitative estimate of drug-likeness (QED) is 0.482. The molecule has 0 heterocycles. The van der Waals surface area contributed by atoms with E-state index in [1.807, 2.05) is 0 Å². The molecule has 0 saturated carbocycles. The summed E-state index contributed by atoms with van der Waals surface area (Å²) in [6, 6.07) is 14.2. The highest BCUT2D eigenvalue weighted by atomic mass is 32.2. The third-order valence-corrected chi connectivity index (χ3v) is 3.44. The van der Waals surface area contributed by atoms with E-state index in [-0.39, 0.29) is 5.69 Å². The van der Waals surface area contributed by atoms with E-state index in [0.29, 0.717) is 11.1 Å². The molecule has 0 amide bonds. The molecule has 7 heteroatoms. The Morgan fingerprint density at radius 1 is 1.05 bits per heavy atom. The summed E-state index contributed by atoms with van der Waals surface area (Å²) in [5.41, 5.74) is 1.01. The standard InChI is InChI=1S/C15H11N2O4S/c18-17(19)15-8-6-13(7-9-15)10-11-22(20,21)16-12-14-4-2-1-3-5-14/h1-11H. The molecule has 1 radical (unpaired) electrons. The molecule has 0 unspecified atom stereocenters. The van der Waals surface area contributed by atoms with Crippen molar-refractivity contribution >= 4 is 28.0 Å². The molecule has 6 nitrogen and oxygen atoms in total. The van der Waals surface area contributed by atoms with Crippen LogP contribution in [0.2, 0.25) is 0 Å². The highest BCUT2D eigenvalue weighted by Gasteiger charge is 2.04. The third kappa shape index (κ3) is 4.64. The van der Waals surface area contributed by atoms with E-state index in [0.717, 1.165) is 5.41 Å². The fourth-order valence-corrected chi connectivity index (χ4v) is 2.15. The number of hydrogen-bond acceptors (Lipinski definition) is 4. The van der Waals surface area contributed by atoms with Gasteiger partial charge in [-0.3, -0.25) is 10.1 Å². The van der Waals surface area contributed by atoms with Gasteiger partial charge in [-0.25, -0.2) is 0 Å². The fourth-order valence-electron chi connectivity index (χ4n) is 1.53. The van der Waals surface area contributed by atoms with Crippen LogP contribution in [0.3, 0.4) is 0 Å². The molecule has 0 saturated heterocycles. The molecule has 0 aliphatic heterocycles. The zero-order chi connectivity index (χ0) is 16.0. The third-order valence-electron chi connectivity index (χ3n) is 2.61. The summed E-state index contributed by atoms with van der Waals surface area (Å²) in [5.74, 6) is 0. The highest BCUT2D eigenvalue weighted by Crippen LogP contribution is 2.13. The summed E-state index contributed by atoms with van der Waals surface area (Å²) in [7, 11) is -3.80. The zero-order valence-corrected chi connectivity index (χ0v) is 12.1. The highest BCUT2D eigenvalue weighted by molar-refractivity contribution is 7.93. The Labute approximate surface area is 127 Å². The Morgan fingerprint density at radius 2 is 1.68 bits per heavy atom. The molecule has 111 valence electrons. The van der Waals surface area contributed by atoms with E-state index in [4.69, 9.17) is 0 Å². The van der Waals surface area contributed by atoms with Gasteiger partial charge >= 0.3 is 0 Å². The first kappa shape index (κ1) is 15.6. The van der Waals surface area contributed by atoms with Gasteiger partial charge in [-0.05, 0) is 23.8 Å². The Kier molecular flexibility index (Phi) is 4.80. The second-order valence-corrected chi connectivity index (χ2v) is 5.72. The number of sulfonamides is 1. The monoisotopic (exact) mass is 315 g/mol. The normalized spacial score (nSPS) is 12.0. The number of nitro benzene ring substituents is 1. The van der Waals surface area contributed by atoms with Gasteiger partial charge in [-0.15, -0.1) is 0 Å². The van der Waals surface area contributed by atoms with E-state index in [9.17, 15) is 18.5 Å². The van der Waals surface area contributed by atoms with Crippen LogP contribution in [0.4, 0.5) is 5.69 Å². The number of nitro groups is 1. The summed E-state index contributed by atoms with van der Waals surface area (Å²) in [6.45, 7) is 0. The van der Waals surface area contributed by atoms with Gasteiger partial charge in [-0.1, -0.05) is 30.3 Å². The van der Waals surface area contributed by atoms with Crippen molar-refractivity contribution in [3.63, 3.8) is 0 Å². The lowest BCUT2D eigenvalue weighted by Crippen LogP contribution is -1.91. The van der Waals surface area contributed by atoms with Gasteiger partial charge in [0, 0.05) is 17.7 Å². The summed E-state index contributed by atoms with van der Waals surface area (Å²) in [5, 5.41) is 11.4. The van der Waals surface area contributed by atoms with Gasteiger partial charge in [0.1, 0.15) is 6.21 Å². The first-order valence-electron chi connectivity index (χ1n) is 6.17. The molecular formula is C15H11N2O4S.